The molecule has 0 bridgehead atoms. The van der Waals surface area contributed by atoms with Crippen molar-refractivity contribution in [3.8, 4) is 0 Å². The van der Waals surface area contributed by atoms with E-state index in [0.717, 1.165) is 23.9 Å². The Bertz CT molecular complexity index is 569. The van der Waals surface area contributed by atoms with Gasteiger partial charge in [-0.25, -0.2) is 4.79 Å². The van der Waals surface area contributed by atoms with Gasteiger partial charge < -0.3 is 19.4 Å². The number of ether oxygens (including phenoxy) is 1. The molecule has 106 valence electrons. The molecule has 0 atom stereocenters. The van der Waals surface area contributed by atoms with E-state index in [4.69, 9.17) is 9.15 Å². The molecule has 1 amide bonds. The van der Waals surface area contributed by atoms with Crippen LogP contribution in [0, 0.1) is 0 Å². The van der Waals surface area contributed by atoms with Gasteiger partial charge in [0.2, 0.25) is 0 Å². The van der Waals surface area contributed by atoms with Crippen LogP contribution in [0.15, 0.2) is 28.7 Å². The summed E-state index contributed by atoms with van der Waals surface area (Å²) in [6.07, 6.45) is 1.45. The van der Waals surface area contributed by atoms with Crippen molar-refractivity contribution in [1.29, 1.82) is 0 Å². The molecule has 20 heavy (non-hydrogen) atoms. The van der Waals surface area contributed by atoms with E-state index in [-0.39, 0.29) is 12.1 Å². The van der Waals surface area contributed by atoms with E-state index in [1.807, 2.05) is 24.3 Å². The number of amides is 1. The molecule has 0 unspecified atom stereocenters. The van der Waals surface area contributed by atoms with Crippen molar-refractivity contribution >= 4 is 23.2 Å². The van der Waals surface area contributed by atoms with Gasteiger partial charge in [-0.15, -0.1) is 0 Å². The molecule has 1 aliphatic heterocycles. The van der Waals surface area contributed by atoms with Crippen LogP contribution < -0.4 is 5.32 Å². The number of carbonyl (C=O) groups excluding carboxylic acids is 1. The van der Waals surface area contributed by atoms with E-state index in [0.29, 0.717) is 19.1 Å². The number of carbonyl (C=O) groups is 1. The predicted octanol–water partition coefficient (Wildman–Crippen LogP) is 2.47. The topological polar surface area (TPSA) is 67.6 Å². The second-order valence-electron chi connectivity index (χ2n) is 4.86. The van der Waals surface area contributed by atoms with Gasteiger partial charge in [0.05, 0.1) is 7.11 Å². The number of nitrogens with one attached hydrogen (secondary N) is 1. The second-order valence-corrected chi connectivity index (χ2v) is 4.86. The van der Waals surface area contributed by atoms with E-state index in [1.165, 1.54) is 7.11 Å². The van der Waals surface area contributed by atoms with Crippen LogP contribution in [0.2, 0.25) is 0 Å². The van der Waals surface area contributed by atoms with Crippen molar-refractivity contribution in [2.75, 3.05) is 25.5 Å². The molecular formula is C14H17N3O3. The Morgan fingerprint density at radius 1 is 1.40 bits per heavy atom. The number of rotatable bonds is 2. The fourth-order valence-corrected chi connectivity index (χ4v) is 2.44. The molecule has 0 spiro atoms. The fourth-order valence-electron chi connectivity index (χ4n) is 2.44. The summed E-state index contributed by atoms with van der Waals surface area (Å²) in [5.41, 5.74) is 1.63. The molecule has 2 heterocycles. The number of fused-ring (bicyclic) bond motifs is 1. The van der Waals surface area contributed by atoms with Gasteiger partial charge in [0.15, 0.2) is 5.58 Å². The maximum Gasteiger partial charge on any atom is 0.409 e. The van der Waals surface area contributed by atoms with E-state index < -0.39 is 0 Å². The zero-order valence-electron chi connectivity index (χ0n) is 11.3. The maximum atomic E-state index is 11.4. The van der Waals surface area contributed by atoms with Gasteiger partial charge in [0, 0.05) is 19.1 Å². The van der Waals surface area contributed by atoms with Gasteiger partial charge in [0.25, 0.3) is 6.01 Å². The zero-order chi connectivity index (χ0) is 13.9. The van der Waals surface area contributed by atoms with Gasteiger partial charge in [-0.3, -0.25) is 0 Å². The van der Waals surface area contributed by atoms with Crippen LogP contribution in [0.4, 0.5) is 10.8 Å². The first-order chi connectivity index (χ1) is 9.76. The number of aromatic nitrogens is 1. The molecule has 0 radical (unpaired) electrons. The van der Waals surface area contributed by atoms with Crippen LogP contribution in [-0.2, 0) is 4.74 Å². The summed E-state index contributed by atoms with van der Waals surface area (Å²) < 4.78 is 10.4. The molecule has 1 aliphatic rings. The number of piperidine rings is 1. The molecule has 1 fully saturated rings. The third-order valence-electron chi connectivity index (χ3n) is 3.55. The number of hydrogen-bond donors (Lipinski definition) is 1. The van der Waals surface area contributed by atoms with Crippen molar-refractivity contribution in [3.63, 3.8) is 0 Å². The summed E-state index contributed by atoms with van der Waals surface area (Å²) in [5, 5.41) is 3.29. The van der Waals surface area contributed by atoms with Crippen LogP contribution in [-0.4, -0.2) is 42.2 Å². The minimum Gasteiger partial charge on any atom is -0.453 e. The summed E-state index contributed by atoms with van der Waals surface area (Å²) in [4.78, 5) is 17.5. The lowest BCUT2D eigenvalue weighted by atomic mass is 10.1. The van der Waals surface area contributed by atoms with Gasteiger partial charge in [-0.05, 0) is 25.0 Å². The predicted molar refractivity (Wildman–Crippen MR) is 74.6 cm³/mol. The van der Waals surface area contributed by atoms with E-state index >= 15 is 0 Å². The molecule has 1 aromatic heterocycles. The summed E-state index contributed by atoms with van der Waals surface area (Å²) in [6.45, 7) is 1.37. The first kappa shape index (κ1) is 12.8. The smallest absolute Gasteiger partial charge is 0.409 e. The fraction of sp³-hybridized carbons (Fsp3) is 0.429. The number of para-hydroxylation sites is 2. The lowest BCUT2D eigenvalue weighted by Gasteiger charge is -2.30. The van der Waals surface area contributed by atoms with Crippen LogP contribution in [0.5, 0.6) is 0 Å². The quantitative estimate of drug-likeness (QED) is 0.912. The molecule has 1 saturated heterocycles. The Morgan fingerprint density at radius 2 is 2.15 bits per heavy atom. The van der Waals surface area contributed by atoms with Crippen molar-refractivity contribution in [2.24, 2.45) is 0 Å². The van der Waals surface area contributed by atoms with Crippen molar-refractivity contribution in [3.05, 3.63) is 24.3 Å². The lowest BCUT2D eigenvalue weighted by molar-refractivity contribution is 0.113. The first-order valence-electron chi connectivity index (χ1n) is 6.71. The number of anilines is 1. The molecule has 0 aliphatic carbocycles. The van der Waals surface area contributed by atoms with Crippen LogP contribution in [0.3, 0.4) is 0 Å². The first-order valence-corrected chi connectivity index (χ1v) is 6.71. The molecule has 2 aromatic rings. The van der Waals surface area contributed by atoms with Crippen molar-refractivity contribution in [1.82, 2.24) is 9.88 Å². The zero-order valence-corrected chi connectivity index (χ0v) is 11.3. The second kappa shape index (κ2) is 5.40. The SMILES string of the molecule is COC(=O)N1CCC(Nc2nc3ccccc3o2)CC1. The average Bonchev–Trinajstić information content (AvgIpc) is 2.89. The monoisotopic (exact) mass is 275 g/mol. The summed E-state index contributed by atoms with van der Waals surface area (Å²) in [6, 6.07) is 8.49. The minimum absolute atomic E-state index is 0.259. The van der Waals surface area contributed by atoms with Gasteiger partial charge in [0.1, 0.15) is 5.52 Å². The van der Waals surface area contributed by atoms with Gasteiger partial charge in [-0.1, -0.05) is 12.1 Å². The summed E-state index contributed by atoms with van der Waals surface area (Å²) in [7, 11) is 1.41. The molecule has 3 rings (SSSR count). The number of likely N-dealkylation sites (tertiary alicyclic amines) is 1. The largest absolute Gasteiger partial charge is 0.453 e. The van der Waals surface area contributed by atoms with Crippen molar-refractivity contribution in [2.45, 2.75) is 18.9 Å². The maximum absolute atomic E-state index is 11.4. The normalized spacial score (nSPS) is 16.4. The number of oxazole rings is 1. The van der Waals surface area contributed by atoms with E-state index in [9.17, 15) is 4.79 Å². The Labute approximate surface area is 116 Å². The standard InChI is InChI=1S/C14H17N3O3/c1-19-14(18)17-8-6-10(7-9-17)15-13-16-11-4-2-3-5-12(11)20-13/h2-5,10H,6-9H2,1H3,(H,15,16). The Kier molecular flexibility index (Phi) is 3.45. The molecule has 0 saturated carbocycles. The Hall–Kier alpha value is -2.24. The number of benzene rings is 1. The lowest BCUT2D eigenvalue weighted by Crippen LogP contribution is -2.42. The Morgan fingerprint density at radius 3 is 2.85 bits per heavy atom. The van der Waals surface area contributed by atoms with Crippen LogP contribution in [0.1, 0.15) is 12.8 Å². The van der Waals surface area contributed by atoms with Crippen LogP contribution >= 0.6 is 0 Å². The molecule has 6 heteroatoms. The molecule has 1 N–H and O–H groups in total. The molecule has 6 nitrogen and oxygen atoms in total. The van der Waals surface area contributed by atoms with E-state index in [2.05, 4.69) is 10.3 Å². The highest BCUT2D eigenvalue weighted by Crippen LogP contribution is 2.21. The van der Waals surface area contributed by atoms with Gasteiger partial charge in [-0.2, -0.15) is 4.98 Å². The number of hydrogen-bond acceptors (Lipinski definition) is 5. The third-order valence-corrected chi connectivity index (χ3v) is 3.55. The van der Waals surface area contributed by atoms with Crippen molar-refractivity contribution < 1.29 is 13.9 Å². The minimum atomic E-state index is -0.259. The van der Waals surface area contributed by atoms with Crippen LogP contribution in [0.25, 0.3) is 11.1 Å². The highest BCUT2D eigenvalue weighted by molar-refractivity contribution is 5.74. The number of nitrogens with zero attached hydrogens (tertiary/aromatic N) is 2. The summed E-state index contributed by atoms with van der Waals surface area (Å²) in [5.74, 6) is 0. The highest BCUT2D eigenvalue weighted by Gasteiger charge is 2.24. The van der Waals surface area contributed by atoms with E-state index in [1.54, 1.807) is 4.90 Å². The average molecular weight is 275 g/mol. The third kappa shape index (κ3) is 2.54. The molecular weight excluding hydrogens is 258 g/mol. The summed E-state index contributed by atoms with van der Waals surface area (Å²) >= 11 is 0. The highest BCUT2D eigenvalue weighted by atomic mass is 16.5. The number of methoxy groups -OCH3 is 1. The van der Waals surface area contributed by atoms with Gasteiger partial charge >= 0.3 is 6.09 Å². The Balaban J connectivity index is 1.60. The molecule has 1 aromatic carbocycles.